The van der Waals surface area contributed by atoms with Gasteiger partial charge >= 0.3 is 5.97 Å². The molecule has 1 rings (SSSR count). The monoisotopic (exact) mass is 211 g/mol. The molecule has 0 saturated carbocycles. The Morgan fingerprint density at radius 2 is 2.20 bits per heavy atom. The average Bonchev–Trinajstić information content (AvgIpc) is 2.20. The molecule has 0 amide bonds. The van der Waals surface area contributed by atoms with Gasteiger partial charge in [-0.05, 0) is 18.2 Å². The number of ether oxygens (including phenoxy) is 2. The number of hydrogen-bond acceptors (Lipinski definition) is 4. The molecule has 0 radical (unpaired) electrons. The van der Waals surface area contributed by atoms with E-state index in [-0.39, 0.29) is 5.56 Å². The molecule has 0 saturated heterocycles. The molecule has 3 N–H and O–H groups in total. The summed E-state index contributed by atoms with van der Waals surface area (Å²) in [7, 11) is 1.57. The Labute approximate surface area is 87.4 Å². The van der Waals surface area contributed by atoms with Gasteiger partial charge in [-0.2, -0.15) is 0 Å². The van der Waals surface area contributed by atoms with E-state index in [1.54, 1.807) is 7.11 Å². The van der Waals surface area contributed by atoms with Crippen LogP contribution in [0.15, 0.2) is 18.2 Å². The van der Waals surface area contributed by atoms with Crippen LogP contribution < -0.4 is 10.5 Å². The molecule has 0 unspecified atom stereocenters. The summed E-state index contributed by atoms with van der Waals surface area (Å²) in [5.41, 5.74) is 6.07. The van der Waals surface area contributed by atoms with Crippen LogP contribution in [-0.2, 0) is 4.74 Å². The van der Waals surface area contributed by atoms with Gasteiger partial charge in [0.15, 0.2) is 0 Å². The lowest BCUT2D eigenvalue weighted by atomic mass is 10.2. The van der Waals surface area contributed by atoms with Gasteiger partial charge < -0.3 is 20.3 Å². The van der Waals surface area contributed by atoms with E-state index in [0.29, 0.717) is 24.7 Å². The van der Waals surface area contributed by atoms with Crippen LogP contribution in [0.25, 0.3) is 0 Å². The van der Waals surface area contributed by atoms with Gasteiger partial charge in [0.2, 0.25) is 0 Å². The largest absolute Gasteiger partial charge is 0.489 e. The van der Waals surface area contributed by atoms with Crippen LogP contribution in [0.4, 0.5) is 5.69 Å². The van der Waals surface area contributed by atoms with Gasteiger partial charge in [0.05, 0.1) is 17.9 Å². The van der Waals surface area contributed by atoms with E-state index in [9.17, 15) is 4.79 Å². The predicted molar refractivity (Wildman–Crippen MR) is 55.2 cm³/mol. The first-order chi connectivity index (χ1) is 7.15. The SMILES string of the molecule is COCCOc1ccc(C(=O)O)cc1N. The number of methoxy groups -OCH3 is 1. The Kier molecular flexibility index (Phi) is 3.93. The minimum atomic E-state index is -1.01. The third-order valence-electron chi connectivity index (χ3n) is 1.80. The van der Waals surface area contributed by atoms with Gasteiger partial charge in [-0.25, -0.2) is 4.79 Å². The van der Waals surface area contributed by atoms with E-state index in [4.69, 9.17) is 20.3 Å². The maximum absolute atomic E-state index is 10.6. The molecule has 0 aliphatic rings. The second kappa shape index (κ2) is 5.21. The summed E-state index contributed by atoms with van der Waals surface area (Å²) in [5.74, 6) is -0.540. The Hall–Kier alpha value is -1.75. The highest BCUT2D eigenvalue weighted by Gasteiger charge is 2.06. The Morgan fingerprint density at radius 1 is 1.47 bits per heavy atom. The van der Waals surface area contributed by atoms with E-state index in [1.165, 1.54) is 18.2 Å². The molecule has 0 aliphatic carbocycles. The van der Waals surface area contributed by atoms with Crippen molar-refractivity contribution in [2.75, 3.05) is 26.1 Å². The highest BCUT2D eigenvalue weighted by molar-refractivity contribution is 5.89. The third-order valence-corrected chi connectivity index (χ3v) is 1.80. The summed E-state index contributed by atoms with van der Waals surface area (Å²) in [6.45, 7) is 0.841. The number of carbonyl (C=O) groups is 1. The molecule has 5 nitrogen and oxygen atoms in total. The van der Waals surface area contributed by atoms with E-state index in [0.717, 1.165) is 0 Å². The number of benzene rings is 1. The van der Waals surface area contributed by atoms with Crippen molar-refractivity contribution in [1.82, 2.24) is 0 Å². The van der Waals surface area contributed by atoms with Crippen LogP contribution in [-0.4, -0.2) is 31.4 Å². The fourth-order valence-corrected chi connectivity index (χ4v) is 1.05. The van der Waals surface area contributed by atoms with Gasteiger partial charge in [-0.1, -0.05) is 0 Å². The molecule has 0 spiro atoms. The lowest BCUT2D eigenvalue weighted by molar-refractivity contribution is 0.0697. The summed E-state index contributed by atoms with van der Waals surface area (Å²) in [4.78, 5) is 10.6. The minimum Gasteiger partial charge on any atom is -0.489 e. The van der Waals surface area contributed by atoms with E-state index in [1.807, 2.05) is 0 Å². The lowest BCUT2D eigenvalue weighted by Gasteiger charge is -2.08. The molecule has 0 bridgehead atoms. The predicted octanol–water partition coefficient (Wildman–Crippen LogP) is 0.992. The summed E-state index contributed by atoms with van der Waals surface area (Å²) in [5, 5.41) is 8.70. The van der Waals surface area contributed by atoms with Crippen LogP contribution in [0.2, 0.25) is 0 Å². The van der Waals surface area contributed by atoms with Crippen LogP contribution >= 0.6 is 0 Å². The first-order valence-corrected chi connectivity index (χ1v) is 4.39. The first-order valence-electron chi connectivity index (χ1n) is 4.39. The number of carboxylic acids is 1. The zero-order chi connectivity index (χ0) is 11.3. The first kappa shape index (κ1) is 11.3. The van der Waals surface area contributed by atoms with E-state index >= 15 is 0 Å². The summed E-state index contributed by atoms with van der Waals surface area (Å²) < 4.78 is 10.1. The van der Waals surface area contributed by atoms with Crippen molar-refractivity contribution < 1.29 is 19.4 Å². The average molecular weight is 211 g/mol. The van der Waals surface area contributed by atoms with Gasteiger partial charge in [-0.3, -0.25) is 0 Å². The smallest absolute Gasteiger partial charge is 0.335 e. The number of nitrogen functional groups attached to an aromatic ring is 1. The topological polar surface area (TPSA) is 81.8 Å². The quantitative estimate of drug-likeness (QED) is 0.560. The molecule has 0 heterocycles. The number of anilines is 1. The molecular weight excluding hydrogens is 198 g/mol. The molecule has 0 aliphatic heterocycles. The van der Waals surface area contributed by atoms with Crippen molar-refractivity contribution in [1.29, 1.82) is 0 Å². The zero-order valence-electron chi connectivity index (χ0n) is 8.40. The van der Waals surface area contributed by atoms with Crippen molar-refractivity contribution >= 4 is 11.7 Å². The van der Waals surface area contributed by atoms with Crippen molar-refractivity contribution in [3.63, 3.8) is 0 Å². The number of hydrogen-bond donors (Lipinski definition) is 2. The van der Waals surface area contributed by atoms with Gasteiger partial charge in [0, 0.05) is 7.11 Å². The maximum Gasteiger partial charge on any atom is 0.335 e. The fraction of sp³-hybridized carbons (Fsp3) is 0.300. The molecule has 0 fully saturated rings. The van der Waals surface area contributed by atoms with E-state index in [2.05, 4.69) is 0 Å². The molecule has 5 heteroatoms. The highest BCUT2D eigenvalue weighted by Crippen LogP contribution is 2.22. The van der Waals surface area contributed by atoms with Crippen molar-refractivity contribution in [3.8, 4) is 5.75 Å². The molecular formula is C10H13NO4. The Balaban J connectivity index is 2.70. The molecule has 1 aromatic rings. The molecule has 1 aromatic carbocycles. The summed E-state index contributed by atoms with van der Waals surface area (Å²) >= 11 is 0. The molecule has 15 heavy (non-hydrogen) atoms. The third kappa shape index (κ3) is 3.14. The van der Waals surface area contributed by atoms with Gasteiger partial charge in [0.25, 0.3) is 0 Å². The highest BCUT2D eigenvalue weighted by atomic mass is 16.5. The van der Waals surface area contributed by atoms with Gasteiger partial charge in [0.1, 0.15) is 12.4 Å². The normalized spacial score (nSPS) is 9.93. The van der Waals surface area contributed by atoms with Crippen LogP contribution in [0, 0.1) is 0 Å². The molecule has 0 aromatic heterocycles. The Morgan fingerprint density at radius 3 is 2.73 bits per heavy atom. The minimum absolute atomic E-state index is 0.145. The zero-order valence-corrected chi connectivity index (χ0v) is 8.40. The number of nitrogens with two attached hydrogens (primary N) is 1. The Bertz CT molecular complexity index is 351. The fourth-order valence-electron chi connectivity index (χ4n) is 1.05. The molecule has 82 valence electrons. The summed E-state index contributed by atoms with van der Waals surface area (Å²) in [6, 6.07) is 4.35. The number of rotatable bonds is 5. The second-order valence-corrected chi connectivity index (χ2v) is 2.90. The standard InChI is InChI=1S/C10H13NO4/c1-14-4-5-15-9-3-2-7(10(12)13)6-8(9)11/h2-3,6H,4-5,11H2,1H3,(H,12,13). The van der Waals surface area contributed by atoms with Gasteiger partial charge in [-0.15, -0.1) is 0 Å². The van der Waals surface area contributed by atoms with Crippen molar-refractivity contribution in [2.45, 2.75) is 0 Å². The van der Waals surface area contributed by atoms with Crippen LogP contribution in [0.3, 0.4) is 0 Å². The lowest BCUT2D eigenvalue weighted by Crippen LogP contribution is -2.06. The number of carboxylic acid groups (broad SMARTS) is 1. The van der Waals surface area contributed by atoms with Crippen LogP contribution in [0.1, 0.15) is 10.4 Å². The van der Waals surface area contributed by atoms with Crippen molar-refractivity contribution in [3.05, 3.63) is 23.8 Å². The van der Waals surface area contributed by atoms with Crippen LogP contribution in [0.5, 0.6) is 5.75 Å². The number of aromatic carboxylic acids is 1. The molecule has 0 atom stereocenters. The summed E-state index contributed by atoms with van der Waals surface area (Å²) in [6.07, 6.45) is 0. The van der Waals surface area contributed by atoms with E-state index < -0.39 is 5.97 Å². The van der Waals surface area contributed by atoms with Crippen molar-refractivity contribution in [2.24, 2.45) is 0 Å². The maximum atomic E-state index is 10.6. The second-order valence-electron chi connectivity index (χ2n) is 2.90.